The zero-order valence-corrected chi connectivity index (χ0v) is 10.2. The fourth-order valence-corrected chi connectivity index (χ4v) is 2.48. The van der Waals surface area contributed by atoms with Crippen molar-refractivity contribution in [3.8, 4) is 0 Å². The number of carbonyl (C=O) groups is 1. The van der Waals surface area contributed by atoms with Crippen LogP contribution in [-0.4, -0.2) is 49.7 Å². The second-order valence-corrected chi connectivity index (χ2v) is 5.34. The van der Waals surface area contributed by atoms with Crippen molar-refractivity contribution in [3.63, 3.8) is 0 Å². The maximum absolute atomic E-state index is 12.5. The van der Waals surface area contributed by atoms with Crippen molar-refractivity contribution in [2.75, 3.05) is 26.3 Å². The maximum atomic E-state index is 12.5. The van der Waals surface area contributed by atoms with E-state index < -0.39 is 18.1 Å². The van der Waals surface area contributed by atoms with Crippen molar-refractivity contribution in [1.29, 1.82) is 0 Å². The summed E-state index contributed by atoms with van der Waals surface area (Å²) in [6.07, 6.45) is -0.697. The predicted molar refractivity (Wildman–Crippen MR) is 59.2 cm³/mol. The number of halogens is 3. The first-order valence-corrected chi connectivity index (χ1v) is 6.29. The zero-order valence-electron chi connectivity index (χ0n) is 10.2. The lowest BCUT2D eigenvalue weighted by atomic mass is 9.81. The molecule has 2 rings (SSSR count). The van der Waals surface area contributed by atoms with E-state index in [1.165, 1.54) is 4.90 Å². The van der Waals surface area contributed by atoms with Crippen LogP contribution in [0.3, 0.4) is 0 Å². The van der Waals surface area contributed by atoms with E-state index in [1.807, 2.05) is 0 Å². The van der Waals surface area contributed by atoms with Gasteiger partial charge in [-0.25, -0.2) is 0 Å². The molecular weight excluding hydrogens is 247 g/mol. The van der Waals surface area contributed by atoms with E-state index in [4.69, 9.17) is 4.74 Å². The molecule has 6 heteroatoms. The van der Waals surface area contributed by atoms with Gasteiger partial charge in [0.2, 0.25) is 0 Å². The monoisotopic (exact) mass is 265 g/mol. The first-order chi connectivity index (χ1) is 8.44. The number of alkyl halides is 3. The van der Waals surface area contributed by atoms with Crippen molar-refractivity contribution < 1.29 is 22.7 Å². The van der Waals surface area contributed by atoms with Crippen LogP contribution in [0.4, 0.5) is 13.2 Å². The van der Waals surface area contributed by atoms with Crippen LogP contribution in [0.2, 0.25) is 0 Å². The van der Waals surface area contributed by atoms with Crippen molar-refractivity contribution in [3.05, 3.63) is 0 Å². The Labute approximate surface area is 104 Å². The molecular formula is C12H18F3NO2. The van der Waals surface area contributed by atoms with Crippen LogP contribution >= 0.6 is 0 Å². The number of hydrogen-bond acceptors (Lipinski definition) is 3. The van der Waals surface area contributed by atoms with Gasteiger partial charge >= 0.3 is 6.18 Å². The van der Waals surface area contributed by atoms with Gasteiger partial charge in [-0.2, -0.15) is 13.2 Å². The van der Waals surface area contributed by atoms with Gasteiger partial charge in [-0.05, 0) is 25.7 Å². The Hall–Kier alpha value is -0.620. The summed E-state index contributed by atoms with van der Waals surface area (Å²) in [4.78, 5) is 12.7. The summed E-state index contributed by atoms with van der Waals surface area (Å²) in [7, 11) is 0. The standard InChI is InChI=1S/C12H18F3NO2/c13-12(14,15)8-16(10-1-2-10)7-11(9-17)3-5-18-6-4-11/h9-10H,1-8H2. The van der Waals surface area contributed by atoms with Gasteiger partial charge in [0.05, 0.1) is 6.54 Å². The van der Waals surface area contributed by atoms with E-state index >= 15 is 0 Å². The van der Waals surface area contributed by atoms with E-state index in [-0.39, 0.29) is 12.6 Å². The largest absolute Gasteiger partial charge is 0.401 e. The van der Waals surface area contributed by atoms with Crippen molar-refractivity contribution >= 4 is 6.29 Å². The van der Waals surface area contributed by atoms with Crippen LogP contribution < -0.4 is 0 Å². The lowest BCUT2D eigenvalue weighted by Gasteiger charge is -2.37. The molecule has 0 atom stereocenters. The van der Waals surface area contributed by atoms with Crippen LogP contribution in [0.1, 0.15) is 25.7 Å². The minimum Gasteiger partial charge on any atom is -0.381 e. The molecule has 0 radical (unpaired) electrons. The molecule has 0 bridgehead atoms. The third-order valence-electron chi connectivity index (χ3n) is 3.70. The molecule has 1 aliphatic heterocycles. The van der Waals surface area contributed by atoms with E-state index in [0.717, 1.165) is 19.1 Å². The van der Waals surface area contributed by atoms with E-state index in [2.05, 4.69) is 0 Å². The summed E-state index contributed by atoms with van der Waals surface area (Å²) in [6, 6.07) is 0.00583. The molecule has 3 nitrogen and oxygen atoms in total. The molecule has 1 saturated heterocycles. The molecule has 2 aliphatic rings. The number of hydrogen-bond donors (Lipinski definition) is 0. The third kappa shape index (κ3) is 3.68. The molecule has 1 heterocycles. The fourth-order valence-electron chi connectivity index (χ4n) is 2.48. The van der Waals surface area contributed by atoms with Gasteiger partial charge in [-0.1, -0.05) is 0 Å². The highest BCUT2D eigenvalue weighted by Gasteiger charge is 2.43. The predicted octanol–water partition coefficient (Wildman–Crippen LogP) is 2.01. The lowest BCUT2D eigenvalue weighted by molar-refractivity contribution is -0.154. The summed E-state index contributed by atoms with van der Waals surface area (Å²) in [5.41, 5.74) is -0.647. The molecule has 0 N–H and O–H groups in total. The molecule has 2 fully saturated rings. The summed E-state index contributed by atoms with van der Waals surface area (Å²) in [5.74, 6) is 0. The second-order valence-electron chi connectivity index (χ2n) is 5.34. The van der Waals surface area contributed by atoms with Crippen LogP contribution in [0, 0.1) is 5.41 Å². The molecule has 0 unspecified atom stereocenters. The SMILES string of the molecule is O=CC1(CN(CC(F)(F)F)C2CC2)CCOCC1. The molecule has 0 aromatic rings. The number of nitrogens with zero attached hydrogens (tertiary/aromatic N) is 1. The normalized spacial score (nSPS) is 24.2. The van der Waals surface area contributed by atoms with Crippen LogP contribution in [-0.2, 0) is 9.53 Å². The minimum atomic E-state index is -4.20. The number of carbonyl (C=O) groups excluding carboxylic acids is 1. The summed E-state index contributed by atoms with van der Waals surface area (Å²) < 4.78 is 42.8. The van der Waals surface area contributed by atoms with Gasteiger partial charge in [0, 0.05) is 31.2 Å². The van der Waals surface area contributed by atoms with E-state index in [9.17, 15) is 18.0 Å². The number of ether oxygens (including phenoxy) is 1. The Morgan fingerprint density at radius 1 is 1.28 bits per heavy atom. The number of aldehydes is 1. The lowest BCUT2D eigenvalue weighted by Crippen LogP contribution is -2.46. The minimum absolute atomic E-state index is 0.00583. The van der Waals surface area contributed by atoms with E-state index in [1.54, 1.807) is 0 Å². The summed E-state index contributed by atoms with van der Waals surface area (Å²) >= 11 is 0. The summed E-state index contributed by atoms with van der Waals surface area (Å²) in [5, 5.41) is 0. The molecule has 0 aromatic carbocycles. The van der Waals surface area contributed by atoms with Gasteiger partial charge in [0.1, 0.15) is 6.29 Å². The second kappa shape index (κ2) is 5.17. The third-order valence-corrected chi connectivity index (χ3v) is 3.70. The molecule has 1 aliphatic carbocycles. The van der Waals surface area contributed by atoms with Gasteiger partial charge in [-0.3, -0.25) is 4.90 Å². The molecule has 0 amide bonds. The quantitative estimate of drug-likeness (QED) is 0.712. The van der Waals surface area contributed by atoms with Crippen LogP contribution in [0.5, 0.6) is 0 Å². The highest BCUT2D eigenvalue weighted by molar-refractivity contribution is 5.60. The van der Waals surface area contributed by atoms with Crippen LogP contribution in [0.15, 0.2) is 0 Å². The number of rotatable bonds is 5. The fraction of sp³-hybridized carbons (Fsp3) is 0.917. The molecule has 0 spiro atoms. The Morgan fingerprint density at radius 2 is 1.89 bits per heavy atom. The van der Waals surface area contributed by atoms with Gasteiger partial charge in [0.25, 0.3) is 0 Å². The molecule has 104 valence electrons. The average molecular weight is 265 g/mol. The van der Waals surface area contributed by atoms with E-state index in [0.29, 0.717) is 26.1 Å². The van der Waals surface area contributed by atoms with Crippen molar-refractivity contribution in [2.24, 2.45) is 5.41 Å². The smallest absolute Gasteiger partial charge is 0.381 e. The molecule has 1 saturated carbocycles. The maximum Gasteiger partial charge on any atom is 0.401 e. The Balaban J connectivity index is 2.00. The Morgan fingerprint density at radius 3 is 2.33 bits per heavy atom. The van der Waals surface area contributed by atoms with Gasteiger partial charge in [0.15, 0.2) is 0 Å². The van der Waals surface area contributed by atoms with Gasteiger partial charge < -0.3 is 9.53 Å². The topological polar surface area (TPSA) is 29.5 Å². The Bertz CT molecular complexity index is 296. The van der Waals surface area contributed by atoms with Crippen molar-refractivity contribution in [2.45, 2.75) is 37.9 Å². The average Bonchev–Trinajstić information content (AvgIpc) is 3.11. The highest BCUT2D eigenvalue weighted by atomic mass is 19.4. The molecule has 18 heavy (non-hydrogen) atoms. The highest BCUT2D eigenvalue weighted by Crippen LogP contribution is 2.36. The Kier molecular flexibility index (Phi) is 3.96. The van der Waals surface area contributed by atoms with Crippen LogP contribution in [0.25, 0.3) is 0 Å². The first kappa shape index (κ1) is 13.8. The zero-order chi connectivity index (χ0) is 13.2. The first-order valence-electron chi connectivity index (χ1n) is 6.29. The summed E-state index contributed by atoms with van der Waals surface area (Å²) in [6.45, 7) is 0.227. The van der Waals surface area contributed by atoms with Gasteiger partial charge in [-0.15, -0.1) is 0 Å². The molecule has 0 aromatic heterocycles. The van der Waals surface area contributed by atoms with Crippen molar-refractivity contribution in [1.82, 2.24) is 4.90 Å².